The number of unbranched alkanes of at least 4 members (excludes halogenated alkanes) is 5. The van der Waals surface area contributed by atoms with E-state index in [9.17, 15) is 4.79 Å². The molecule has 0 saturated carbocycles. The molecule has 24 heavy (non-hydrogen) atoms. The Morgan fingerprint density at radius 3 is 2.21 bits per heavy atom. The van der Waals surface area contributed by atoms with Gasteiger partial charge >= 0.3 is 5.97 Å². The van der Waals surface area contributed by atoms with Gasteiger partial charge in [0.15, 0.2) is 0 Å². The highest BCUT2D eigenvalue weighted by atomic mass is 28.3. The van der Waals surface area contributed by atoms with Crippen LogP contribution in [0.3, 0.4) is 0 Å². The first-order chi connectivity index (χ1) is 11.6. The lowest BCUT2D eigenvalue weighted by molar-refractivity contribution is -0.241. The summed E-state index contributed by atoms with van der Waals surface area (Å²) in [5.41, 5.74) is 4.43. The van der Waals surface area contributed by atoms with Crippen molar-refractivity contribution in [3.8, 4) is 0 Å². The van der Waals surface area contributed by atoms with Crippen molar-refractivity contribution in [2.45, 2.75) is 52.0 Å². The van der Waals surface area contributed by atoms with Gasteiger partial charge in [0, 0.05) is 0 Å². The summed E-state index contributed by atoms with van der Waals surface area (Å²) in [5, 5.41) is 1.16. The molecule has 1 aromatic rings. The zero-order chi connectivity index (χ0) is 17.8. The van der Waals surface area contributed by atoms with Crippen molar-refractivity contribution in [3.63, 3.8) is 0 Å². The van der Waals surface area contributed by atoms with Gasteiger partial charge in [0.05, 0.1) is 12.2 Å². The first kappa shape index (κ1) is 20.4. The quantitative estimate of drug-likeness (QED) is 0.234. The van der Waals surface area contributed by atoms with Crippen molar-refractivity contribution in [1.82, 2.24) is 0 Å². The molecule has 1 aromatic carbocycles. The van der Waals surface area contributed by atoms with Crippen LogP contribution in [-0.2, 0) is 9.78 Å². The van der Waals surface area contributed by atoms with E-state index >= 15 is 0 Å². The van der Waals surface area contributed by atoms with E-state index in [-0.39, 0.29) is 0 Å². The second-order valence-corrected chi connectivity index (χ2v) is 10.2. The standard InChI is InChI=1S/C20H30O3Si/c1-5-8-9-10-11-12-17-22-23-20(21)18-13-15-19(16-14-18)24(4,6-2)7-3/h6-7,13-16H,2-3,5,8-12,17H2,1,4H3. The van der Waals surface area contributed by atoms with Gasteiger partial charge in [-0.3, -0.25) is 4.89 Å². The van der Waals surface area contributed by atoms with Crippen LogP contribution in [0, 0.1) is 0 Å². The third kappa shape index (κ3) is 6.46. The molecule has 0 aliphatic heterocycles. The molecule has 0 unspecified atom stereocenters. The number of hydrogen-bond acceptors (Lipinski definition) is 3. The molecule has 0 aromatic heterocycles. The number of carbonyl (C=O) groups excluding carboxylic acids is 1. The van der Waals surface area contributed by atoms with Crippen LogP contribution in [-0.4, -0.2) is 20.7 Å². The molecule has 0 aliphatic carbocycles. The Kier molecular flexibility index (Phi) is 9.34. The zero-order valence-corrected chi connectivity index (χ0v) is 16.1. The molecule has 1 rings (SSSR count). The predicted octanol–water partition coefficient (Wildman–Crippen LogP) is 4.87. The van der Waals surface area contributed by atoms with Gasteiger partial charge in [-0.1, -0.05) is 74.3 Å². The second kappa shape index (κ2) is 11.0. The smallest absolute Gasteiger partial charge is 0.293 e. The van der Waals surface area contributed by atoms with Crippen LogP contribution in [0.4, 0.5) is 0 Å². The normalized spacial score (nSPS) is 11.1. The summed E-state index contributed by atoms with van der Waals surface area (Å²) in [5.74, 6) is -0.451. The van der Waals surface area contributed by atoms with Crippen molar-refractivity contribution in [2.24, 2.45) is 0 Å². The predicted molar refractivity (Wildman–Crippen MR) is 103 cm³/mol. The maximum absolute atomic E-state index is 11.9. The van der Waals surface area contributed by atoms with Gasteiger partial charge in [0.2, 0.25) is 0 Å². The van der Waals surface area contributed by atoms with Crippen LogP contribution in [0.5, 0.6) is 0 Å². The van der Waals surface area contributed by atoms with Crippen molar-refractivity contribution in [3.05, 3.63) is 54.4 Å². The number of benzene rings is 1. The Balaban J connectivity index is 2.36. The monoisotopic (exact) mass is 346 g/mol. The topological polar surface area (TPSA) is 35.5 Å². The molecular weight excluding hydrogens is 316 g/mol. The van der Waals surface area contributed by atoms with Gasteiger partial charge < -0.3 is 0 Å². The van der Waals surface area contributed by atoms with Crippen LogP contribution < -0.4 is 5.19 Å². The lowest BCUT2D eigenvalue weighted by Crippen LogP contribution is -2.40. The summed E-state index contributed by atoms with van der Waals surface area (Å²) in [7, 11) is -1.84. The first-order valence-electron chi connectivity index (χ1n) is 8.79. The van der Waals surface area contributed by atoms with E-state index in [4.69, 9.17) is 9.78 Å². The molecule has 0 N–H and O–H groups in total. The van der Waals surface area contributed by atoms with Crippen LogP contribution in [0.15, 0.2) is 48.8 Å². The van der Waals surface area contributed by atoms with E-state index in [1.54, 1.807) is 12.1 Å². The van der Waals surface area contributed by atoms with E-state index in [2.05, 4.69) is 26.6 Å². The maximum Gasteiger partial charge on any atom is 0.373 e. The van der Waals surface area contributed by atoms with Crippen LogP contribution >= 0.6 is 0 Å². The van der Waals surface area contributed by atoms with Crippen LogP contribution in [0.1, 0.15) is 55.8 Å². The molecule has 132 valence electrons. The minimum absolute atomic E-state index is 0.451. The number of hydrogen-bond donors (Lipinski definition) is 0. The van der Waals surface area contributed by atoms with Gasteiger partial charge in [-0.25, -0.2) is 4.79 Å². The van der Waals surface area contributed by atoms with E-state index in [1.807, 2.05) is 23.5 Å². The Bertz CT molecular complexity index is 514. The lowest BCUT2D eigenvalue weighted by atomic mass is 10.1. The minimum atomic E-state index is -1.84. The third-order valence-electron chi connectivity index (χ3n) is 4.31. The fraction of sp³-hybridized carbons (Fsp3) is 0.450. The Morgan fingerprint density at radius 1 is 1.04 bits per heavy atom. The Morgan fingerprint density at radius 2 is 1.62 bits per heavy atom. The Labute approximate surface area is 147 Å². The Hall–Kier alpha value is -1.65. The van der Waals surface area contributed by atoms with Crippen molar-refractivity contribution < 1.29 is 14.6 Å². The summed E-state index contributed by atoms with van der Waals surface area (Å²) in [4.78, 5) is 21.8. The average molecular weight is 347 g/mol. The fourth-order valence-corrected chi connectivity index (χ4v) is 3.89. The van der Waals surface area contributed by atoms with E-state index < -0.39 is 14.0 Å². The van der Waals surface area contributed by atoms with Crippen molar-refractivity contribution in [2.75, 3.05) is 6.61 Å². The van der Waals surface area contributed by atoms with Crippen molar-refractivity contribution >= 4 is 19.2 Å². The lowest BCUT2D eigenvalue weighted by Gasteiger charge is -2.19. The maximum atomic E-state index is 11.9. The summed E-state index contributed by atoms with van der Waals surface area (Å²) in [6.07, 6.45) is 7.03. The second-order valence-electron chi connectivity index (χ2n) is 6.23. The third-order valence-corrected chi connectivity index (χ3v) is 7.58. The molecule has 0 amide bonds. The van der Waals surface area contributed by atoms with Gasteiger partial charge in [-0.2, -0.15) is 4.89 Å². The zero-order valence-electron chi connectivity index (χ0n) is 15.1. The minimum Gasteiger partial charge on any atom is -0.293 e. The number of rotatable bonds is 12. The molecule has 4 heteroatoms. The number of carbonyl (C=O) groups is 1. The molecule has 0 saturated heterocycles. The molecule has 0 aliphatic rings. The molecular formula is C20H30O3Si. The van der Waals surface area contributed by atoms with Crippen molar-refractivity contribution in [1.29, 1.82) is 0 Å². The van der Waals surface area contributed by atoms with Gasteiger partial charge in [-0.05, 0) is 18.6 Å². The molecule has 0 fully saturated rings. The summed E-state index contributed by atoms with van der Waals surface area (Å²) in [6.45, 7) is 12.6. The van der Waals surface area contributed by atoms with E-state index in [0.717, 1.165) is 18.0 Å². The van der Waals surface area contributed by atoms with Gasteiger partial charge in [0.1, 0.15) is 8.07 Å². The highest BCUT2D eigenvalue weighted by Gasteiger charge is 2.22. The van der Waals surface area contributed by atoms with E-state index in [1.165, 1.54) is 25.7 Å². The molecule has 0 radical (unpaired) electrons. The highest BCUT2D eigenvalue weighted by molar-refractivity contribution is 6.98. The highest BCUT2D eigenvalue weighted by Crippen LogP contribution is 2.09. The summed E-state index contributed by atoms with van der Waals surface area (Å²) >= 11 is 0. The largest absolute Gasteiger partial charge is 0.373 e. The SMILES string of the molecule is C=C[Si](C)(C=C)c1ccc(C(=O)OOCCCCCCCC)cc1. The van der Waals surface area contributed by atoms with Gasteiger partial charge in [0.25, 0.3) is 0 Å². The summed E-state index contributed by atoms with van der Waals surface area (Å²) < 4.78 is 0. The molecule has 0 bridgehead atoms. The van der Waals surface area contributed by atoms with Crippen LogP contribution in [0.25, 0.3) is 0 Å². The molecule has 0 heterocycles. The van der Waals surface area contributed by atoms with E-state index in [0.29, 0.717) is 12.2 Å². The van der Waals surface area contributed by atoms with Crippen LogP contribution in [0.2, 0.25) is 6.55 Å². The summed E-state index contributed by atoms with van der Waals surface area (Å²) in [6, 6.07) is 7.42. The fourth-order valence-electron chi connectivity index (χ4n) is 2.37. The molecule has 0 atom stereocenters. The molecule has 0 spiro atoms. The van der Waals surface area contributed by atoms with Gasteiger partial charge in [-0.15, -0.1) is 13.2 Å². The average Bonchev–Trinajstić information content (AvgIpc) is 2.63. The molecule has 3 nitrogen and oxygen atoms in total. The first-order valence-corrected chi connectivity index (χ1v) is 11.4.